The summed E-state index contributed by atoms with van der Waals surface area (Å²) in [6, 6.07) is 0. The molecule has 3 rings (SSSR count). The van der Waals surface area contributed by atoms with Crippen LogP contribution in [0.2, 0.25) is 0 Å². The minimum atomic E-state index is -0.290. The number of carbonyl (C=O) groups is 2. The first-order chi connectivity index (χ1) is 12.0. The van der Waals surface area contributed by atoms with E-state index in [0.29, 0.717) is 19.0 Å². The standard InChI is InChI=1S/C19H34N4O2/c1-3-8-22-11-4-6-19(18(22)25)7-12-23(16-19)17(24)15-21-10-5-9-20(2)13-14-21/h3-16H2,1-2H3/t19-/m1/s1. The van der Waals surface area contributed by atoms with Crippen LogP contribution in [0.15, 0.2) is 0 Å². The number of hydrogen-bond donors (Lipinski definition) is 0. The maximum Gasteiger partial charge on any atom is 0.236 e. The number of hydrogen-bond acceptors (Lipinski definition) is 4. The van der Waals surface area contributed by atoms with Gasteiger partial charge in [0, 0.05) is 39.3 Å². The van der Waals surface area contributed by atoms with Crippen molar-refractivity contribution in [3.05, 3.63) is 0 Å². The Hall–Kier alpha value is -1.14. The number of piperidine rings is 1. The lowest BCUT2D eigenvalue weighted by Crippen LogP contribution is -2.51. The fourth-order valence-electron chi connectivity index (χ4n) is 4.65. The summed E-state index contributed by atoms with van der Waals surface area (Å²) in [5.41, 5.74) is -0.290. The molecule has 0 unspecified atom stereocenters. The van der Waals surface area contributed by atoms with Gasteiger partial charge in [-0.3, -0.25) is 14.5 Å². The van der Waals surface area contributed by atoms with Gasteiger partial charge < -0.3 is 14.7 Å². The quantitative estimate of drug-likeness (QED) is 0.755. The van der Waals surface area contributed by atoms with Gasteiger partial charge in [-0.25, -0.2) is 0 Å². The van der Waals surface area contributed by atoms with Crippen LogP contribution in [-0.4, -0.2) is 97.4 Å². The highest BCUT2D eigenvalue weighted by molar-refractivity contribution is 5.86. The van der Waals surface area contributed by atoms with Crippen molar-refractivity contribution in [2.45, 2.75) is 39.0 Å². The molecule has 3 aliphatic rings. The second kappa shape index (κ2) is 8.04. The molecule has 0 aromatic carbocycles. The van der Waals surface area contributed by atoms with Crippen molar-refractivity contribution >= 4 is 11.8 Å². The van der Waals surface area contributed by atoms with E-state index >= 15 is 0 Å². The van der Waals surface area contributed by atoms with Gasteiger partial charge in [-0.2, -0.15) is 0 Å². The van der Waals surface area contributed by atoms with Gasteiger partial charge in [0.1, 0.15) is 0 Å². The molecule has 0 aromatic heterocycles. The van der Waals surface area contributed by atoms with E-state index in [0.717, 1.165) is 77.9 Å². The summed E-state index contributed by atoms with van der Waals surface area (Å²) in [6.07, 6.45) is 5.00. The SMILES string of the molecule is CCCN1CCC[C@]2(CCN(C(=O)CN3CCCN(C)CC3)C2)C1=O. The van der Waals surface area contributed by atoms with Crippen molar-refractivity contribution in [2.75, 3.05) is 66.0 Å². The van der Waals surface area contributed by atoms with Crippen LogP contribution in [0, 0.1) is 5.41 Å². The number of amides is 2. The van der Waals surface area contributed by atoms with E-state index in [9.17, 15) is 9.59 Å². The molecule has 25 heavy (non-hydrogen) atoms. The molecule has 1 atom stereocenters. The maximum absolute atomic E-state index is 13.0. The second-order valence-electron chi connectivity index (χ2n) is 8.17. The number of rotatable bonds is 4. The molecule has 6 nitrogen and oxygen atoms in total. The highest BCUT2D eigenvalue weighted by Crippen LogP contribution is 2.40. The average molecular weight is 351 g/mol. The third-order valence-electron chi connectivity index (χ3n) is 6.20. The summed E-state index contributed by atoms with van der Waals surface area (Å²) < 4.78 is 0. The molecule has 3 aliphatic heterocycles. The zero-order valence-electron chi connectivity index (χ0n) is 16.0. The first-order valence-corrected chi connectivity index (χ1v) is 10.0. The second-order valence-corrected chi connectivity index (χ2v) is 8.17. The summed E-state index contributed by atoms with van der Waals surface area (Å²) in [4.78, 5) is 34.3. The Morgan fingerprint density at radius 3 is 2.68 bits per heavy atom. The molecule has 2 amide bonds. The van der Waals surface area contributed by atoms with Crippen molar-refractivity contribution < 1.29 is 9.59 Å². The minimum absolute atomic E-state index is 0.210. The number of carbonyl (C=O) groups excluding carboxylic acids is 2. The molecule has 0 radical (unpaired) electrons. The molecule has 1 spiro atoms. The Labute approximate surface area is 152 Å². The van der Waals surface area contributed by atoms with Gasteiger partial charge in [0.2, 0.25) is 11.8 Å². The first-order valence-electron chi connectivity index (χ1n) is 10.0. The van der Waals surface area contributed by atoms with Gasteiger partial charge in [0.05, 0.1) is 12.0 Å². The molecule has 0 N–H and O–H groups in total. The van der Waals surface area contributed by atoms with Crippen molar-refractivity contribution in [1.29, 1.82) is 0 Å². The van der Waals surface area contributed by atoms with E-state index < -0.39 is 0 Å². The van der Waals surface area contributed by atoms with Gasteiger partial charge >= 0.3 is 0 Å². The van der Waals surface area contributed by atoms with Gasteiger partial charge in [0.15, 0.2) is 0 Å². The molecule has 6 heteroatoms. The van der Waals surface area contributed by atoms with Crippen LogP contribution < -0.4 is 0 Å². The van der Waals surface area contributed by atoms with Crippen molar-refractivity contribution in [3.63, 3.8) is 0 Å². The zero-order valence-corrected chi connectivity index (χ0v) is 16.0. The Morgan fingerprint density at radius 1 is 1.04 bits per heavy atom. The average Bonchev–Trinajstić information content (AvgIpc) is 2.92. The Morgan fingerprint density at radius 2 is 1.88 bits per heavy atom. The smallest absolute Gasteiger partial charge is 0.236 e. The Kier molecular flexibility index (Phi) is 6.00. The molecule has 3 fully saturated rings. The van der Waals surface area contributed by atoms with Crippen molar-refractivity contribution in [1.82, 2.24) is 19.6 Å². The lowest BCUT2D eigenvalue weighted by atomic mass is 9.78. The van der Waals surface area contributed by atoms with Crippen molar-refractivity contribution in [2.24, 2.45) is 5.41 Å². The fourth-order valence-corrected chi connectivity index (χ4v) is 4.65. The summed E-state index contributed by atoms with van der Waals surface area (Å²) >= 11 is 0. The van der Waals surface area contributed by atoms with E-state index in [4.69, 9.17) is 0 Å². The number of likely N-dealkylation sites (N-methyl/N-ethyl adjacent to an activating group) is 1. The molecular formula is C19H34N4O2. The predicted molar refractivity (Wildman–Crippen MR) is 98.3 cm³/mol. The van der Waals surface area contributed by atoms with Crippen LogP contribution in [0.25, 0.3) is 0 Å². The molecule has 0 bridgehead atoms. The lowest BCUT2D eigenvalue weighted by Gasteiger charge is -2.39. The lowest BCUT2D eigenvalue weighted by molar-refractivity contribution is -0.146. The van der Waals surface area contributed by atoms with E-state index in [-0.39, 0.29) is 11.3 Å². The van der Waals surface area contributed by atoms with Crippen LogP contribution in [0.1, 0.15) is 39.0 Å². The van der Waals surface area contributed by atoms with E-state index in [1.807, 2.05) is 9.80 Å². The largest absolute Gasteiger partial charge is 0.342 e. The normalized spacial score (nSPS) is 29.4. The molecule has 0 saturated carbocycles. The fraction of sp³-hybridized carbons (Fsp3) is 0.895. The summed E-state index contributed by atoms with van der Waals surface area (Å²) in [6.45, 7) is 9.87. The monoisotopic (exact) mass is 350 g/mol. The molecular weight excluding hydrogens is 316 g/mol. The third kappa shape index (κ3) is 4.17. The highest BCUT2D eigenvalue weighted by Gasteiger charge is 2.49. The van der Waals surface area contributed by atoms with Gasteiger partial charge in [-0.15, -0.1) is 0 Å². The van der Waals surface area contributed by atoms with E-state index in [2.05, 4.69) is 23.8 Å². The van der Waals surface area contributed by atoms with E-state index in [1.165, 1.54) is 0 Å². The summed E-state index contributed by atoms with van der Waals surface area (Å²) in [5, 5.41) is 0. The molecule has 3 heterocycles. The van der Waals surface area contributed by atoms with Crippen LogP contribution >= 0.6 is 0 Å². The summed E-state index contributed by atoms with van der Waals surface area (Å²) in [7, 11) is 2.15. The summed E-state index contributed by atoms with van der Waals surface area (Å²) in [5.74, 6) is 0.508. The Balaban J connectivity index is 1.56. The molecule has 3 saturated heterocycles. The van der Waals surface area contributed by atoms with Crippen LogP contribution in [0.3, 0.4) is 0 Å². The molecule has 0 aromatic rings. The number of likely N-dealkylation sites (tertiary alicyclic amines) is 2. The topological polar surface area (TPSA) is 47.1 Å². The van der Waals surface area contributed by atoms with Crippen LogP contribution in [0.5, 0.6) is 0 Å². The minimum Gasteiger partial charge on any atom is -0.342 e. The van der Waals surface area contributed by atoms with Crippen LogP contribution in [0.4, 0.5) is 0 Å². The molecule has 142 valence electrons. The predicted octanol–water partition coefficient (Wildman–Crippen LogP) is 0.875. The number of nitrogens with zero attached hydrogens (tertiary/aromatic N) is 4. The van der Waals surface area contributed by atoms with Gasteiger partial charge in [-0.05, 0) is 52.2 Å². The maximum atomic E-state index is 13.0. The third-order valence-corrected chi connectivity index (χ3v) is 6.20. The van der Waals surface area contributed by atoms with Crippen LogP contribution in [-0.2, 0) is 9.59 Å². The van der Waals surface area contributed by atoms with Gasteiger partial charge in [0.25, 0.3) is 0 Å². The Bertz CT molecular complexity index is 496. The zero-order chi connectivity index (χ0) is 17.9. The van der Waals surface area contributed by atoms with Crippen molar-refractivity contribution in [3.8, 4) is 0 Å². The highest BCUT2D eigenvalue weighted by atomic mass is 16.2. The first kappa shape index (κ1) is 18.6. The molecule has 0 aliphatic carbocycles. The van der Waals surface area contributed by atoms with Gasteiger partial charge in [-0.1, -0.05) is 6.92 Å². The van der Waals surface area contributed by atoms with E-state index in [1.54, 1.807) is 0 Å².